The van der Waals surface area contributed by atoms with Gasteiger partial charge in [0, 0.05) is 13.1 Å². The first-order valence-electron chi connectivity index (χ1n) is 9.90. The molecule has 1 atom stereocenters. The van der Waals surface area contributed by atoms with Gasteiger partial charge in [0.05, 0.1) is 32.0 Å². The van der Waals surface area contributed by atoms with Gasteiger partial charge in [0.2, 0.25) is 0 Å². The minimum absolute atomic E-state index is 0.353. The van der Waals surface area contributed by atoms with Gasteiger partial charge in [0.1, 0.15) is 5.82 Å². The van der Waals surface area contributed by atoms with Gasteiger partial charge < -0.3 is 10.2 Å². The van der Waals surface area contributed by atoms with Crippen LogP contribution in [0.3, 0.4) is 0 Å². The molecule has 1 unspecified atom stereocenters. The molecule has 1 aliphatic heterocycles. The van der Waals surface area contributed by atoms with Crippen molar-refractivity contribution in [1.82, 2.24) is 5.32 Å². The topological polar surface area (TPSA) is 32.3 Å². The summed E-state index contributed by atoms with van der Waals surface area (Å²) in [5.41, 5.74) is 5.40. The third-order valence-electron chi connectivity index (χ3n) is 5.45. The van der Waals surface area contributed by atoms with Crippen LogP contribution in [-0.4, -0.2) is 17.3 Å². The fourth-order valence-corrected chi connectivity index (χ4v) is 5.24. The van der Waals surface area contributed by atoms with Crippen LogP contribution in [0.4, 0.5) is 15.8 Å². The van der Waals surface area contributed by atoms with Crippen molar-refractivity contribution >= 4 is 22.2 Å². The molecule has 4 rings (SSSR count). The minimum atomic E-state index is -1.37. The smallest absolute Gasteiger partial charge is 0.124 e. The molecule has 29 heavy (non-hydrogen) atoms. The molecule has 0 saturated heterocycles. The second-order valence-corrected chi connectivity index (χ2v) is 8.82. The molecule has 1 heterocycles. The molecule has 0 aromatic heterocycles. The predicted molar refractivity (Wildman–Crippen MR) is 117 cm³/mol. The molecule has 0 radical (unpaired) electrons. The van der Waals surface area contributed by atoms with E-state index < -0.39 is 10.8 Å². The van der Waals surface area contributed by atoms with Gasteiger partial charge in [-0.25, -0.2) is 8.60 Å². The maximum absolute atomic E-state index is 13.9. The predicted octanol–water partition coefficient (Wildman–Crippen LogP) is 5.24. The van der Waals surface area contributed by atoms with Gasteiger partial charge in [-0.2, -0.15) is 0 Å². The maximum Gasteiger partial charge on any atom is 0.124 e. The zero-order valence-electron chi connectivity index (χ0n) is 16.7. The fourth-order valence-electron chi connectivity index (χ4n) is 3.78. The third kappa shape index (κ3) is 3.98. The molecule has 3 nitrogen and oxygen atoms in total. The second-order valence-electron chi connectivity index (χ2n) is 7.40. The SMILES string of the molecule is Cc1ccc2c(c1C)N(CCCNCc1ccccc1)c1ccc(F)cc1S2=O. The summed E-state index contributed by atoms with van der Waals surface area (Å²) in [6, 6.07) is 18.9. The van der Waals surface area contributed by atoms with E-state index in [1.807, 2.05) is 30.3 Å². The quantitative estimate of drug-likeness (QED) is 0.566. The Labute approximate surface area is 174 Å². The molecule has 0 saturated carbocycles. The number of aryl methyl sites for hydroxylation is 1. The van der Waals surface area contributed by atoms with Crippen molar-refractivity contribution < 1.29 is 8.60 Å². The maximum atomic E-state index is 13.9. The van der Waals surface area contributed by atoms with E-state index in [2.05, 4.69) is 36.2 Å². The van der Waals surface area contributed by atoms with Crippen LogP contribution in [0.25, 0.3) is 0 Å². The first-order valence-corrected chi connectivity index (χ1v) is 11.0. The number of nitrogens with zero attached hydrogens (tertiary/aromatic N) is 1. The summed E-state index contributed by atoms with van der Waals surface area (Å²) in [5.74, 6) is -0.353. The highest BCUT2D eigenvalue weighted by Gasteiger charge is 2.30. The lowest BCUT2D eigenvalue weighted by Crippen LogP contribution is -2.28. The van der Waals surface area contributed by atoms with Gasteiger partial charge in [0.25, 0.3) is 0 Å². The summed E-state index contributed by atoms with van der Waals surface area (Å²) in [4.78, 5) is 3.53. The van der Waals surface area contributed by atoms with Crippen molar-refractivity contribution in [2.45, 2.75) is 36.6 Å². The lowest BCUT2D eigenvalue weighted by atomic mass is 10.1. The van der Waals surface area contributed by atoms with Crippen molar-refractivity contribution in [3.63, 3.8) is 0 Å². The lowest BCUT2D eigenvalue weighted by Gasteiger charge is -2.34. The average Bonchev–Trinajstić information content (AvgIpc) is 2.73. The molecule has 1 aliphatic rings. The summed E-state index contributed by atoms with van der Waals surface area (Å²) in [7, 11) is -1.37. The van der Waals surface area contributed by atoms with Gasteiger partial charge in [-0.05, 0) is 67.8 Å². The molecular formula is C24H25FN2OS. The number of halogens is 1. The number of anilines is 2. The van der Waals surface area contributed by atoms with Crippen molar-refractivity contribution in [3.05, 3.63) is 83.2 Å². The van der Waals surface area contributed by atoms with Crippen molar-refractivity contribution in [2.75, 3.05) is 18.0 Å². The zero-order valence-corrected chi connectivity index (χ0v) is 17.6. The molecule has 1 N–H and O–H groups in total. The average molecular weight is 409 g/mol. The Kier molecular flexibility index (Phi) is 5.79. The summed E-state index contributed by atoms with van der Waals surface area (Å²) in [6.07, 6.45) is 0.920. The van der Waals surface area contributed by atoms with Gasteiger partial charge in [-0.15, -0.1) is 0 Å². The van der Waals surface area contributed by atoms with Crippen LogP contribution < -0.4 is 10.2 Å². The van der Waals surface area contributed by atoms with Crippen LogP contribution in [0.2, 0.25) is 0 Å². The van der Waals surface area contributed by atoms with Crippen LogP contribution in [-0.2, 0) is 17.3 Å². The van der Waals surface area contributed by atoms with Crippen LogP contribution in [0.1, 0.15) is 23.1 Å². The van der Waals surface area contributed by atoms with E-state index in [1.165, 1.54) is 23.3 Å². The van der Waals surface area contributed by atoms with Gasteiger partial charge in [0.15, 0.2) is 0 Å². The number of hydrogen-bond donors (Lipinski definition) is 1. The summed E-state index contributed by atoms with van der Waals surface area (Å²) in [5, 5.41) is 3.49. The highest BCUT2D eigenvalue weighted by Crippen LogP contribution is 2.44. The van der Waals surface area contributed by atoms with E-state index in [0.717, 1.165) is 47.9 Å². The Morgan fingerprint density at radius 1 is 1.00 bits per heavy atom. The van der Waals surface area contributed by atoms with Crippen molar-refractivity contribution in [3.8, 4) is 0 Å². The van der Waals surface area contributed by atoms with E-state index in [9.17, 15) is 8.60 Å². The monoisotopic (exact) mass is 408 g/mol. The molecular weight excluding hydrogens is 383 g/mol. The molecule has 0 amide bonds. The van der Waals surface area contributed by atoms with Crippen LogP contribution in [0.5, 0.6) is 0 Å². The van der Waals surface area contributed by atoms with E-state index >= 15 is 0 Å². The van der Waals surface area contributed by atoms with Crippen LogP contribution in [0.15, 0.2) is 70.5 Å². The van der Waals surface area contributed by atoms with E-state index in [0.29, 0.717) is 4.90 Å². The van der Waals surface area contributed by atoms with Crippen LogP contribution >= 0.6 is 0 Å². The first-order chi connectivity index (χ1) is 14.1. The van der Waals surface area contributed by atoms with Crippen molar-refractivity contribution in [2.24, 2.45) is 0 Å². The summed E-state index contributed by atoms with van der Waals surface area (Å²) in [6.45, 7) is 6.61. The summed E-state index contributed by atoms with van der Waals surface area (Å²) >= 11 is 0. The number of hydrogen-bond acceptors (Lipinski definition) is 3. The standard InChI is InChI=1S/C24H25FN2OS/c1-17-9-12-22-24(18(17)2)27(21-11-10-20(25)15-23(21)29(22)28)14-6-13-26-16-19-7-4-3-5-8-19/h3-5,7-12,15,26H,6,13-14,16H2,1-2H3. The third-order valence-corrected chi connectivity index (χ3v) is 6.91. The van der Waals surface area contributed by atoms with Crippen molar-refractivity contribution in [1.29, 1.82) is 0 Å². The van der Waals surface area contributed by atoms with Gasteiger partial charge in [-0.1, -0.05) is 36.4 Å². The molecule has 0 bridgehead atoms. The molecule has 0 aliphatic carbocycles. The molecule has 3 aromatic carbocycles. The minimum Gasteiger partial charge on any atom is -0.339 e. The Balaban J connectivity index is 1.55. The second kappa shape index (κ2) is 8.47. The Hall–Kier alpha value is -2.50. The lowest BCUT2D eigenvalue weighted by molar-refractivity contribution is 0.620. The van der Waals surface area contributed by atoms with E-state index in [4.69, 9.17) is 0 Å². The largest absolute Gasteiger partial charge is 0.339 e. The van der Waals surface area contributed by atoms with E-state index in [1.54, 1.807) is 6.07 Å². The Bertz CT molecular complexity index is 1050. The normalized spacial score (nSPS) is 15.1. The highest BCUT2D eigenvalue weighted by molar-refractivity contribution is 7.85. The van der Waals surface area contributed by atoms with Crippen LogP contribution in [0, 0.1) is 19.7 Å². The number of rotatable bonds is 6. The fraction of sp³-hybridized carbons (Fsp3) is 0.250. The highest BCUT2D eigenvalue weighted by atomic mass is 32.2. The molecule has 5 heteroatoms. The zero-order chi connectivity index (χ0) is 20.4. The Morgan fingerprint density at radius 3 is 2.59 bits per heavy atom. The molecule has 3 aromatic rings. The van der Waals surface area contributed by atoms with Gasteiger partial charge in [-0.3, -0.25) is 0 Å². The molecule has 0 spiro atoms. The first kappa shape index (κ1) is 19.8. The number of benzene rings is 3. The molecule has 0 fully saturated rings. The molecule has 150 valence electrons. The van der Waals surface area contributed by atoms with Gasteiger partial charge >= 0.3 is 0 Å². The van der Waals surface area contributed by atoms with E-state index in [-0.39, 0.29) is 5.82 Å². The number of fused-ring (bicyclic) bond motifs is 2. The summed E-state index contributed by atoms with van der Waals surface area (Å²) < 4.78 is 27.0. The number of nitrogens with one attached hydrogen (secondary N) is 1. The Morgan fingerprint density at radius 2 is 1.79 bits per heavy atom.